The first-order valence-electron chi connectivity index (χ1n) is 4.78. The Morgan fingerprint density at radius 1 is 1.31 bits per heavy atom. The zero-order chi connectivity index (χ0) is 9.10. The molecule has 1 unspecified atom stereocenters. The Bertz CT molecular complexity index is 262. The van der Waals surface area contributed by atoms with E-state index in [0.717, 1.165) is 25.3 Å². The lowest BCUT2D eigenvalue weighted by atomic mass is 10.2. The average molecular weight is 177 g/mol. The second-order valence-corrected chi connectivity index (χ2v) is 3.55. The van der Waals surface area contributed by atoms with Crippen LogP contribution in [0.1, 0.15) is 12.0 Å². The molecule has 0 bridgehead atoms. The first kappa shape index (κ1) is 8.57. The highest BCUT2D eigenvalue weighted by atomic mass is 16.5. The van der Waals surface area contributed by atoms with Gasteiger partial charge in [0.05, 0.1) is 0 Å². The van der Waals surface area contributed by atoms with E-state index in [9.17, 15) is 0 Å². The van der Waals surface area contributed by atoms with Crippen molar-refractivity contribution < 1.29 is 4.74 Å². The molecule has 1 heterocycles. The first-order chi connectivity index (χ1) is 6.34. The lowest BCUT2D eigenvalue weighted by molar-refractivity contribution is 0.223. The van der Waals surface area contributed by atoms with E-state index in [1.165, 1.54) is 5.56 Å². The molecule has 1 aromatic rings. The summed E-state index contributed by atoms with van der Waals surface area (Å²) in [6.07, 6.45) is 1.48. The molecule has 2 heteroatoms. The van der Waals surface area contributed by atoms with Crippen molar-refractivity contribution in [2.75, 3.05) is 13.1 Å². The van der Waals surface area contributed by atoms with Gasteiger partial charge in [0.25, 0.3) is 0 Å². The third-order valence-corrected chi connectivity index (χ3v) is 2.34. The number of nitrogens with one attached hydrogen (secondary N) is 1. The number of hydrogen-bond donors (Lipinski definition) is 1. The molecule has 0 saturated carbocycles. The Hall–Kier alpha value is -1.02. The van der Waals surface area contributed by atoms with E-state index >= 15 is 0 Å². The molecule has 13 heavy (non-hydrogen) atoms. The minimum absolute atomic E-state index is 0.364. The molecule has 1 saturated heterocycles. The molecule has 0 radical (unpaired) electrons. The summed E-state index contributed by atoms with van der Waals surface area (Å²) < 4.78 is 5.77. The second-order valence-electron chi connectivity index (χ2n) is 3.55. The Labute approximate surface area is 78.9 Å². The molecule has 0 aliphatic carbocycles. The molecule has 1 aliphatic rings. The molecular weight excluding hydrogens is 162 g/mol. The van der Waals surface area contributed by atoms with Crippen molar-refractivity contribution in [3.8, 4) is 5.75 Å². The number of benzene rings is 1. The zero-order valence-corrected chi connectivity index (χ0v) is 7.92. The number of rotatable bonds is 2. The van der Waals surface area contributed by atoms with Gasteiger partial charge in [0.2, 0.25) is 0 Å². The molecule has 2 rings (SSSR count). The Balaban J connectivity index is 1.97. The summed E-state index contributed by atoms with van der Waals surface area (Å²) in [5, 5.41) is 3.28. The van der Waals surface area contributed by atoms with Gasteiger partial charge in [-0.25, -0.2) is 0 Å². The third kappa shape index (κ3) is 2.22. The quantitative estimate of drug-likeness (QED) is 0.743. The summed E-state index contributed by atoms with van der Waals surface area (Å²) >= 11 is 0. The van der Waals surface area contributed by atoms with Gasteiger partial charge in [0.15, 0.2) is 0 Å². The Kier molecular flexibility index (Phi) is 2.50. The highest BCUT2D eigenvalue weighted by molar-refractivity contribution is 5.26. The summed E-state index contributed by atoms with van der Waals surface area (Å²) in [4.78, 5) is 0. The van der Waals surface area contributed by atoms with Crippen LogP contribution < -0.4 is 10.1 Å². The SMILES string of the molecule is Cc1ccc(OC2CCNC2)cc1. The normalized spacial score (nSPS) is 21.8. The van der Waals surface area contributed by atoms with Crippen LogP contribution in [-0.4, -0.2) is 19.2 Å². The summed E-state index contributed by atoms with van der Waals surface area (Å²) in [5.74, 6) is 0.985. The van der Waals surface area contributed by atoms with Gasteiger partial charge in [-0.15, -0.1) is 0 Å². The maximum Gasteiger partial charge on any atom is 0.119 e. The van der Waals surface area contributed by atoms with Crippen LogP contribution in [0.5, 0.6) is 5.75 Å². The van der Waals surface area contributed by atoms with Crippen molar-refractivity contribution in [1.29, 1.82) is 0 Å². The molecule has 1 aromatic carbocycles. The van der Waals surface area contributed by atoms with Crippen molar-refractivity contribution >= 4 is 0 Å². The van der Waals surface area contributed by atoms with Gasteiger partial charge >= 0.3 is 0 Å². The lowest BCUT2D eigenvalue weighted by Crippen LogP contribution is -2.19. The molecule has 1 fully saturated rings. The Morgan fingerprint density at radius 2 is 2.08 bits per heavy atom. The minimum atomic E-state index is 0.364. The van der Waals surface area contributed by atoms with Gasteiger partial charge in [-0.2, -0.15) is 0 Å². The van der Waals surface area contributed by atoms with Gasteiger partial charge < -0.3 is 10.1 Å². The maximum absolute atomic E-state index is 5.77. The van der Waals surface area contributed by atoms with Crippen LogP contribution in [0.2, 0.25) is 0 Å². The van der Waals surface area contributed by atoms with Crippen molar-refractivity contribution in [3.63, 3.8) is 0 Å². The highest BCUT2D eigenvalue weighted by Crippen LogP contribution is 2.15. The molecule has 0 amide bonds. The number of aryl methyl sites for hydroxylation is 1. The third-order valence-electron chi connectivity index (χ3n) is 2.34. The summed E-state index contributed by atoms with van der Waals surface area (Å²) in [5.41, 5.74) is 1.27. The highest BCUT2D eigenvalue weighted by Gasteiger charge is 2.15. The van der Waals surface area contributed by atoms with Crippen molar-refractivity contribution in [3.05, 3.63) is 29.8 Å². The fourth-order valence-corrected chi connectivity index (χ4v) is 1.54. The standard InChI is InChI=1S/C11H15NO/c1-9-2-4-10(5-3-9)13-11-6-7-12-8-11/h2-5,11-12H,6-8H2,1H3. The minimum Gasteiger partial charge on any atom is -0.489 e. The molecule has 1 atom stereocenters. The van der Waals surface area contributed by atoms with E-state index in [2.05, 4.69) is 24.4 Å². The zero-order valence-electron chi connectivity index (χ0n) is 7.92. The van der Waals surface area contributed by atoms with Crippen LogP contribution in [0, 0.1) is 6.92 Å². The van der Waals surface area contributed by atoms with Crippen molar-refractivity contribution in [1.82, 2.24) is 5.32 Å². The number of ether oxygens (including phenoxy) is 1. The smallest absolute Gasteiger partial charge is 0.119 e. The second kappa shape index (κ2) is 3.79. The van der Waals surface area contributed by atoms with E-state index < -0.39 is 0 Å². The molecule has 1 N–H and O–H groups in total. The first-order valence-corrected chi connectivity index (χ1v) is 4.78. The monoisotopic (exact) mass is 177 g/mol. The van der Waals surface area contributed by atoms with Gasteiger partial charge in [-0.1, -0.05) is 17.7 Å². The molecule has 70 valence electrons. The van der Waals surface area contributed by atoms with Crippen LogP contribution in [0.3, 0.4) is 0 Å². The van der Waals surface area contributed by atoms with E-state index in [1.807, 2.05) is 12.1 Å². The molecule has 1 aliphatic heterocycles. The van der Waals surface area contributed by atoms with Crippen molar-refractivity contribution in [2.45, 2.75) is 19.4 Å². The average Bonchev–Trinajstić information content (AvgIpc) is 2.62. The van der Waals surface area contributed by atoms with Crippen LogP contribution in [0.25, 0.3) is 0 Å². The van der Waals surface area contributed by atoms with E-state index in [4.69, 9.17) is 4.74 Å². The maximum atomic E-state index is 5.77. The number of hydrogen-bond acceptors (Lipinski definition) is 2. The molecule has 0 aromatic heterocycles. The van der Waals surface area contributed by atoms with Gasteiger partial charge in [0.1, 0.15) is 11.9 Å². The summed E-state index contributed by atoms with van der Waals surface area (Å²) in [7, 11) is 0. The Morgan fingerprint density at radius 3 is 2.69 bits per heavy atom. The predicted octanol–water partition coefficient (Wildman–Crippen LogP) is 1.74. The van der Waals surface area contributed by atoms with E-state index in [0.29, 0.717) is 6.10 Å². The molecular formula is C11H15NO. The largest absolute Gasteiger partial charge is 0.489 e. The molecule has 2 nitrogen and oxygen atoms in total. The summed E-state index contributed by atoms with van der Waals surface area (Å²) in [6.45, 7) is 4.14. The van der Waals surface area contributed by atoms with Crippen LogP contribution in [0.15, 0.2) is 24.3 Å². The van der Waals surface area contributed by atoms with Crippen LogP contribution >= 0.6 is 0 Å². The fraction of sp³-hybridized carbons (Fsp3) is 0.455. The predicted molar refractivity (Wildman–Crippen MR) is 53.1 cm³/mol. The van der Waals surface area contributed by atoms with Gasteiger partial charge in [0, 0.05) is 6.54 Å². The van der Waals surface area contributed by atoms with E-state index in [-0.39, 0.29) is 0 Å². The van der Waals surface area contributed by atoms with Gasteiger partial charge in [-0.05, 0) is 32.0 Å². The van der Waals surface area contributed by atoms with Crippen LogP contribution in [-0.2, 0) is 0 Å². The van der Waals surface area contributed by atoms with Crippen molar-refractivity contribution in [2.24, 2.45) is 0 Å². The lowest BCUT2D eigenvalue weighted by Gasteiger charge is -2.12. The van der Waals surface area contributed by atoms with Crippen LogP contribution in [0.4, 0.5) is 0 Å². The molecule has 0 spiro atoms. The summed E-state index contributed by atoms with van der Waals surface area (Å²) in [6, 6.07) is 8.23. The topological polar surface area (TPSA) is 21.3 Å². The van der Waals surface area contributed by atoms with E-state index in [1.54, 1.807) is 0 Å². The fourth-order valence-electron chi connectivity index (χ4n) is 1.54. The van der Waals surface area contributed by atoms with Gasteiger partial charge in [-0.3, -0.25) is 0 Å².